The quantitative estimate of drug-likeness (QED) is 0.480. The summed E-state index contributed by atoms with van der Waals surface area (Å²) in [6.07, 6.45) is -0.191. The molecule has 2 nitrogen and oxygen atoms in total. The fraction of sp³-hybridized carbons (Fsp3) is 0.222. The van der Waals surface area contributed by atoms with E-state index in [9.17, 15) is 8.78 Å². The highest BCUT2D eigenvalue weighted by atomic mass is 19.1. The van der Waals surface area contributed by atoms with E-state index in [1.807, 2.05) is 0 Å². The van der Waals surface area contributed by atoms with E-state index in [2.05, 4.69) is 4.85 Å². The van der Waals surface area contributed by atoms with E-state index < -0.39 is 17.3 Å². The molecule has 1 saturated heterocycles. The van der Waals surface area contributed by atoms with Crippen LogP contribution in [0.1, 0.15) is 11.7 Å². The normalized spacial score (nSPS) is 19.6. The maximum absolute atomic E-state index is 13.0. The first-order valence-corrected chi connectivity index (χ1v) is 3.70. The van der Waals surface area contributed by atoms with Crippen LogP contribution in [0.5, 0.6) is 0 Å². The van der Waals surface area contributed by atoms with E-state index in [0.717, 1.165) is 12.1 Å². The minimum Gasteiger partial charge on any atom is -0.368 e. The van der Waals surface area contributed by atoms with Gasteiger partial charge in [0.15, 0.2) is 0 Å². The lowest BCUT2D eigenvalue weighted by molar-refractivity contribution is 0.413. The van der Waals surface area contributed by atoms with Crippen LogP contribution in [0, 0.1) is 18.2 Å². The van der Waals surface area contributed by atoms with Gasteiger partial charge >= 0.3 is 0 Å². The standard InChI is InChI=1S/C9H5F2NO/c1-12-9-6(10)2-5(3-7(9)11)8-4-13-8/h2-3,8H,4H2. The molecule has 0 radical (unpaired) electrons. The number of halogens is 2. The number of hydrogen-bond donors (Lipinski definition) is 0. The predicted molar refractivity (Wildman–Crippen MR) is 41.3 cm³/mol. The summed E-state index contributed by atoms with van der Waals surface area (Å²) in [6.45, 7) is 7.03. The number of ether oxygens (including phenoxy) is 1. The Morgan fingerprint density at radius 2 is 1.92 bits per heavy atom. The summed E-state index contributed by atoms with van der Waals surface area (Å²) in [7, 11) is 0. The van der Waals surface area contributed by atoms with Crippen LogP contribution in [0.3, 0.4) is 0 Å². The third kappa shape index (κ3) is 1.38. The summed E-state index contributed by atoms with van der Waals surface area (Å²) in [4.78, 5) is 2.75. The molecule has 1 aliphatic rings. The Kier molecular flexibility index (Phi) is 1.74. The van der Waals surface area contributed by atoms with Crippen LogP contribution in [0.25, 0.3) is 4.85 Å². The molecule has 0 saturated carbocycles. The van der Waals surface area contributed by atoms with Crippen LogP contribution in [0.4, 0.5) is 14.5 Å². The Morgan fingerprint density at radius 3 is 2.31 bits per heavy atom. The molecule has 1 atom stereocenters. The van der Waals surface area contributed by atoms with Crippen molar-refractivity contribution < 1.29 is 13.5 Å². The zero-order valence-electron chi connectivity index (χ0n) is 6.55. The molecule has 1 unspecified atom stereocenters. The van der Waals surface area contributed by atoms with Crippen LogP contribution < -0.4 is 0 Å². The number of benzene rings is 1. The average molecular weight is 181 g/mol. The van der Waals surface area contributed by atoms with Crippen molar-refractivity contribution in [3.05, 3.63) is 40.7 Å². The highest BCUT2D eigenvalue weighted by molar-refractivity contribution is 5.49. The third-order valence-corrected chi connectivity index (χ3v) is 1.86. The topological polar surface area (TPSA) is 16.9 Å². The molecule has 1 aliphatic heterocycles. The first-order valence-electron chi connectivity index (χ1n) is 3.70. The first-order chi connectivity index (χ1) is 6.22. The van der Waals surface area contributed by atoms with Crippen LogP contribution in [-0.4, -0.2) is 6.61 Å². The zero-order chi connectivity index (χ0) is 9.42. The van der Waals surface area contributed by atoms with Crippen molar-refractivity contribution in [3.63, 3.8) is 0 Å². The fourth-order valence-corrected chi connectivity index (χ4v) is 1.12. The molecule has 0 spiro atoms. The van der Waals surface area contributed by atoms with Gasteiger partial charge < -0.3 is 4.74 Å². The molecule has 0 N–H and O–H groups in total. The van der Waals surface area contributed by atoms with Gasteiger partial charge in [-0.2, -0.15) is 0 Å². The van der Waals surface area contributed by atoms with E-state index in [1.54, 1.807) is 0 Å². The molecule has 0 bridgehead atoms. The van der Waals surface area contributed by atoms with Gasteiger partial charge in [0, 0.05) is 0 Å². The summed E-state index contributed by atoms with van der Waals surface area (Å²) in [6, 6.07) is 2.29. The van der Waals surface area contributed by atoms with Crippen molar-refractivity contribution in [1.82, 2.24) is 0 Å². The van der Waals surface area contributed by atoms with Crippen molar-refractivity contribution >= 4 is 5.69 Å². The van der Waals surface area contributed by atoms with Crippen LogP contribution in [0.2, 0.25) is 0 Å². The van der Waals surface area contributed by atoms with Gasteiger partial charge in [0.05, 0.1) is 13.2 Å². The van der Waals surface area contributed by atoms with Gasteiger partial charge in [-0.05, 0) is 17.7 Å². The second-order valence-corrected chi connectivity index (χ2v) is 2.77. The molecule has 0 amide bonds. The second-order valence-electron chi connectivity index (χ2n) is 2.77. The monoisotopic (exact) mass is 181 g/mol. The maximum atomic E-state index is 13.0. The van der Waals surface area contributed by atoms with Crippen molar-refractivity contribution in [2.45, 2.75) is 6.10 Å². The molecule has 2 rings (SSSR count). The largest absolute Gasteiger partial charge is 0.368 e. The van der Waals surface area contributed by atoms with Gasteiger partial charge in [-0.25, -0.2) is 13.6 Å². The van der Waals surface area contributed by atoms with Crippen molar-refractivity contribution in [1.29, 1.82) is 0 Å². The van der Waals surface area contributed by atoms with Crippen LogP contribution >= 0.6 is 0 Å². The van der Waals surface area contributed by atoms with Crippen LogP contribution in [0.15, 0.2) is 12.1 Å². The van der Waals surface area contributed by atoms with Gasteiger partial charge in [0.2, 0.25) is 0 Å². The minimum absolute atomic E-state index is 0.191. The maximum Gasteiger partial charge on any atom is 0.256 e. The smallest absolute Gasteiger partial charge is 0.256 e. The molecule has 0 aromatic heterocycles. The number of hydrogen-bond acceptors (Lipinski definition) is 1. The highest BCUT2D eigenvalue weighted by Crippen LogP contribution is 2.33. The van der Waals surface area contributed by atoms with Crippen molar-refractivity contribution in [2.75, 3.05) is 6.61 Å². The molecule has 0 aliphatic carbocycles. The number of rotatable bonds is 1. The predicted octanol–water partition coefficient (Wildman–Crippen LogP) is 2.59. The molecule has 1 aromatic carbocycles. The Morgan fingerprint density at radius 1 is 1.38 bits per heavy atom. The Balaban J connectivity index is 2.50. The summed E-state index contributed by atoms with van der Waals surface area (Å²) in [5, 5.41) is 0. The van der Waals surface area contributed by atoms with E-state index in [1.165, 1.54) is 0 Å². The summed E-state index contributed by atoms with van der Waals surface area (Å²) < 4.78 is 30.8. The van der Waals surface area contributed by atoms with E-state index in [0.29, 0.717) is 12.2 Å². The Labute approximate surface area is 73.6 Å². The summed E-state index contributed by atoms with van der Waals surface area (Å²) >= 11 is 0. The van der Waals surface area contributed by atoms with Crippen molar-refractivity contribution in [2.24, 2.45) is 0 Å². The van der Waals surface area contributed by atoms with Gasteiger partial charge in [-0.3, -0.25) is 0 Å². The number of nitrogens with zero attached hydrogens (tertiary/aromatic N) is 1. The molecular weight excluding hydrogens is 176 g/mol. The lowest BCUT2D eigenvalue weighted by Gasteiger charge is -1.99. The fourth-order valence-electron chi connectivity index (χ4n) is 1.12. The molecular formula is C9H5F2NO. The van der Waals surface area contributed by atoms with E-state index in [4.69, 9.17) is 11.3 Å². The average Bonchev–Trinajstić information content (AvgIpc) is 2.85. The van der Waals surface area contributed by atoms with Crippen molar-refractivity contribution in [3.8, 4) is 0 Å². The summed E-state index contributed by atoms with van der Waals surface area (Å²) in [5.74, 6) is -1.64. The first kappa shape index (κ1) is 8.14. The van der Waals surface area contributed by atoms with E-state index >= 15 is 0 Å². The second kappa shape index (κ2) is 2.79. The molecule has 66 valence electrons. The molecule has 1 fully saturated rings. The SMILES string of the molecule is [C-]#[N+]c1c(F)cc(C2CO2)cc1F. The van der Waals surface area contributed by atoms with Gasteiger partial charge in [-0.15, -0.1) is 0 Å². The highest BCUT2D eigenvalue weighted by Gasteiger charge is 2.26. The lowest BCUT2D eigenvalue weighted by Crippen LogP contribution is -1.87. The van der Waals surface area contributed by atoms with Gasteiger partial charge in [-0.1, -0.05) is 0 Å². The minimum atomic E-state index is -0.819. The summed E-state index contributed by atoms with van der Waals surface area (Å²) in [5.41, 5.74) is -0.0909. The van der Waals surface area contributed by atoms with Crippen LogP contribution in [-0.2, 0) is 4.74 Å². The third-order valence-electron chi connectivity index (χ3n) is 1.86. The zero-order valence-corrected chi connectivity index (χ0v) is 6.55. The van der Waals surface area contributed by atoms with E-state index in [-0.39, 0.29) is 6.10 Å². The molecule has 13 heavy (non-hydrogen) atoms. The molecule has 1 heterocycles. The van der Waals surface area contributed by atoms with Gasteiger partial charge in [0.25, 0.3) is 5.69 Å². The molecule has 1 aromatic rings. The van der Waals surface area contributed by atoms with Gasteiger partial charge in [0.1, 0.15) is 17.7 Å². The Hall–Kier alpha value is -1.47. The molecule has 4 heteroatoms. The Bertz CT molecular complexity index is 370. The lowest BCUT2D eigenvalue weighted by atomic mass is 10.1. The number of epoxide rings is 1.